The molecule has 3 heteroatoms. The number of carbonyl (C=O) groups excluding carboxylic acids is 3. The molecule has 0 spiro atoms. The molecule has 0 aromatic rings. The number of allylic oxidation sites excluding steroid dienone is 6. The maximum absolute atomic E-state index is 13.0. The number of fused-ring (bicyclic) bond motifs is 1. The second-order valence-electron chi connectivity index (χ2n) is 11.1. The fraction of sp³-hybridized carbons (Fsp3) is 0.679. The van der Waals surface area contributed by atoms with E-state index in [1.54, 1.807) is 12.2 Å². The van der Waals surface area contributed by atoms with Crippen LogP contribution in [0, 0.1) is 40.4 Å². The molecule has 1 fully saturated rings. The van der Waals surface area contributed by atoms with Gasteiger partial charge in [0.15, 0.2) is 11.6 Å². The van der Waals surface area contributed by atoms with E-state index in [1.807, 2.05) is 6.08 Å². The molecule has 0 unspecified atom stereocenters. The molecule has 31 heavy (non-hydrogen) atoms. The van der Waals surface area contributed by atoms with Crippen LogP contribution in [0.25, 0.3) is 0 Å². The molecule has 0 N–H and O–H groups in total. The Balaban J connectivity index is 1.77. The minimum atomic E-state index is -0.378. The van der Waals surface area contributed by atoms with Crippen LogP contribution in [-0.2, 0) is 14.4 Å². The number of ketones is 3. The highest BCUT2D eigenvalue weighted by atomic mass is 16.1. The molecular weight excluding hydrogens is 384 g/mol. The normalized spacial score (nSPS) is 35.6. The van der Waals surface area contributed by atoms with Gasteiger partial charge in [-0.1, -0.05) is 59.8 Å². The third-order valence-electron chi connectivity index (χ3n) is 8.90. The Morgan fingerprint density at radius 1 is 1.03 bits per heavy atom. The zero-order chi connectivity index (χ0) is 23.0. The molecule has 3 aliphatic carbocycles. The third kappa shape index (κ3) is 4.56. The number of rotatable bonds is 7. The summed E-state index contributed by atoms with van der Waals surface area (Å²) >= 11 is 0. The quantitative estimate of drug-likeness (QED) is 0.451. The topological polar surface area (TPSA) is 51.2 Å². The molecule has 0 bridgehead atoms. The average Bonchev–Trinajstić information content (AvgIpc) is 3.00. The first-order valence-electron chi connectivity index (χ1n) is 12.2. The van der Waals surface area contributed by atoms with E-state index in [1.165, 1.54) is 0 Å². The molecule has 3 nitrogen and oxygen atoms in total. The molecule has 0 amide bonds. The fourth-order valence-electron chi connectivity index (χ4n) is 6.03. The molecule has 3 rings (SSSR count). The SMILES string of the molecule is CC(C)[C@@H](C)/C=C/[C@@H](C)[C@H]1CCC(=O)[C@]1(C)CC[C@H]1C(=O)C=CC2=CC(=O)CC[C@@]21C. The number of hydrogen-bond acceptors (Lipinski definition) is 3. The van der Waals surface area contributed by atoms with Gasteiger partial charge in [-0.15, -0.1) is 0 Å². The summed E-state index contributed by atoms with van der Waals surface area (Å²) in [5.74, 6) is 2.31. The lowest BCUT2D eigenvalue weighted by Gasteiger charge is -2.43. The zero-order valence-electron chi connectivity index (χ0n) is 20.2. The van der Waals surface area contributed by atoms with Crippen molar-refractivity contribution in [2.45, 2.75) is 80.1 Å². The first kappa shape index (κ1) is 23.9. The molecule has 3 aliphatic rings. The summed E-state index contributed by atoms with van der Waals surface area (Å²) in [4.78, 5) is 37.9. The smallest absolute Gasteiger partial charge is 0.159 e. The molecule has 1 saturated carbocycles. The highest BCUT2D eigenvalue weighted by molar-refractivity contribution is 5.98. The number of carbonyl (C=O) groups is 3. The molecular formula is C28H40O3. The van der Waals surface area contributed by atoms with Crippen molar-refractivity contribution in [1.29, 1.82) is 0 Å². The average molecular weight is 425 g/mol. The molecule has 0 saturated heterocycles. The monoisotopic (exact) mass is 424 g/mol. The van der Waals surface area contributed by atoms with Gasteiger partial charge in [0.1, 0.15) is 5.78 Å². The van der Waals surface area contributed by atoms with Gasteiger partial charge in [0.2, 0.25) is 0 Å². The van der Waals surface area contributed by atoms with E-state index in [4.69, 9.17) is 0 Å². The highest BCUT2D eigenvalue weighted by Crippen LogP contribution is 2.52. The van der Waals surface area contributed by atoms with E-state index >= 15 is 0 Å². The Hall–Kier alpha value is -1.77. The van der Waals surface area contributed by atoms with E-state index < -0.39 is 0 Å². The van der Waals surface area contributed by atoms with Crippen LogP contribution < -0.4 is 0 Å². The molecule has 0 heterocycles. The molecule has 0 aromatic heterocycles. The van der Waals surface area contributed by atoms with Gasteiger partial charge in [-0.3, -0.25) is 14.4 Å². The Labute approximate surface area is 188 Å². The Bertz CT molecular complexity index is 829. The summed E-state index contributed by atoms with van der Waals surface area (Å²) in [6.45, 7) is 13.2. The highest BCUT2D eigenvalue weighted by Gasteiger charge is 2.50. The lowest BCUT2D eigenvalue weighted by molar-refractivity contribution is -0.129. The van der Waals surface area contributed by atoms with E-state index in [2.05, 4.69) is 53.7 Å². The lowest BCUT2D eigenvalue weighted by atomic mass is 9.59. The molecule has 0 aliphatic heterocycles. The van der Waals surface area contributed by atoms with E-state index in [-0.39, 0.29) is 28.3 Å². The molecule has 0 aromatic carbocycles. The summed E-state index contributed by atoms with van der Waals surface area (Å²) in [5.41, 5.74) is 0.328. The Kier molecular flexibility index (Phi) is 6.93. The van der Waals surface area contributed by atoms with Gasteiger partial charge in [-0.25, -0.2) is 0 Å². The Morgan fingerprint density at radius 2 is 1.74 bits per heavy atom. The Morgan fingerprint density at radius 3 is 2.42 bits per heavy atom. The van der Waals surface area contributed by atoms with Crippen LogP contribution in [0.5, 0.6) is 0 Å². The maximum atomic E-state index is 13.0. The molecule has 0 radical (unpaired) electrons. The minimum Gasteiger partial charge on any atom is -0.299 e. The van der Waals surface area contributed by atoms with Gasteiger partial charge in [0.05, 0.1) is 0 Å². The van der Waals surface area contributed by atoms with Gasteiger partial charge < -0.3 is 0 Å². The summed E-state index contributed by atoms with van der Waals surface area (Å²) in [6, 6.07) is 0. The first-order chi connectivity index (χ1) is 14.5. The van der Waals surface area contributed by atoms with Crippen LogP contribution in [-0.4, -0.2) is 17.3 Å². The van der Waals surface area contributed by atoms with Crippen LogP contribution >= 0.6 is 0 Å². The number of hydrogen-bond donors (Lipinski definition) is 0. The number of Topliss-reactive ketones (excluding diaryl/α,β-unsaturated/α-hetero) is 1. The van der Waals surface area contributed by atoms with Crippen molar-refractivity contribution in [3.8, 4) is 0 Å². The van der Waals surface area contributed by atoms with Crippen molar-refractivity contribution in [3.63, 3.8) is 0 Å². The largest absolute Gasteiger partial charge is 0.299 e. The summed E-state index contributed by atoms with van der Waals surface area (Å²) < 4.78 is 0. The van der Waals surface area contributed by atoms with Crippen molar-refractivity contribution in [2.24, 2.45) is 40.4 Å². The van der Waals surface area contributed by atoms with Crippen molar-refractivity contribution >= 4 is 17.3 Å². The van der Waals surface area contributed by atoms with E-state index in [9.17, 15) is 14.4 Å². The first-order valence-corrected chi connectivity index (χ1v) is 12.2. The fourth-order valence-corrected chi connectivity index (χ4v) is 6.03. The van der Waals surface area contributed by atoms with Crippen molar-refractivity contribution in [3.05, 3.63) is 36.0 Å². The van der Waals surface area contributed by atoms with Crippen LogP contribution in [0.4, 0.5) is 0 Å². The van der Waals surface area contributed by atoms with Crippen molar-refractivity contribution < 1.29 is 14.4 Å². The van der Waals surface area contributed by atoms with Crippen LogP contribution in [0.3, 0.4) is 0 Å². The van der Waals surface area contributed by atoms with Crippen molar-refractivity contribution in [2.75, 3.05) is 0 Å². The van der Waals surface area contributed by atoms with E-state index in [0.29, 0.717) is 48.7 Å². The second-order valence-corrected chi connectivity index (χ2v) is 11.1. The standard InChI is InChI=1S/C28H40O3/c1-18(2)19(3)7-8-20(4)23-10-12-26(31)28(23,6)16-14-24-25(30)11-9-21-17-22(29)13-15-27(21,24)5/h7-9,11,17-20,23-24H,10,12-16H2,1-6H3/b8-7+/t19-,20+,23+,24-,27-,28+/m0/s1. The molecule has 6 atom stereocenters. The predicted molar refractivity (Wildman–Crippen MR) is 125 cm³/mol. The van der Waals surface area contributed by atoms with Crippen LogP contribution in [0.15, 0.2) is 36.0 Å². The zero-order valence-corrected chi connectivity index (χ0v) is 20.2. The lowest BCUT2D eigenvalue weighted by Crippen LogP contribution is -2.41. The van der Waals surface area contributed by atoms with Crippen LogP contribution in [0.1, 0.15) is 80.1 Å². The maximum Gasteiger partial charge on any atom is 0.159 e. The summed E-state index contributed by atoms with van der Waals surface area (Å²) in [5, 5.41) is 0. The van der Waals surface area contributed by atoms with Gasteiger partial charge in [-0.2, -0.15) is 0 Å². The predicted octanol–water partition coefficient (Wildman–Crippen LogP) is 6.29. The van der Waals surface area contributed by atoms with Gasteiger partial charge in [0.25, 0.3) is 0 Å². The second kappa shape index (κ2) is 9.00. The van der Waals surface area contributed by atoms with Crippen LogP contribution in [0.2, 0.25) is 0 Å². The van der Waals surface area contributed by atoms with E-state index in [0.717, 1.165) is 24.8 Å². The summed E-state index contributed by atoms with van der Waals surface area (Å²) in [7, 11) is 0. The molecule has 170 valence electrons. The third-order valence-corrected chi connectivity index (χ3v) is 8.90. The van der Waals surface area contributed by atoms with Gasteiger partial charge in [-0.05, 0) is 67.1 Å². The van der Waals surface area contributed by atoms with Gasteiger partial charge in [0, 0.05) is 29.6 Å². The summed E-state index contributed by atoms with van der Waals surface area (Å²) in [6.07, 6.45) is 14.1. The minimum absolute atomic E-state index is 0.144. The van der Waals surface area contributed by atoms with Gasteiger partial charge >= 0.3 is 0 Å². The van der Waals surface area contributed by atoms with Crippen molar-refractivity contribution in [1.82, 2.24) is 0 Å².